The van der Waals surface area contributed by atoms with Gasteiger partial charge < -0.3 is 18.6 Å². The first kappa shape index (κ1) is 30.8. The van der Waals surface area contributed by atoms with Crippen molar-refractivity contribution in [1.29, 1.82) is 0 Å². The van der Waals surface area contributed by atoms with Crippen LogP contribution in [0.15, 0.2) is 0 Å². The molecule has 0 bridgehead atoms. The Morgan fingerprint density at radius 2 is 0.444 bits per heavy atom. The fraction of sp³-hybridized carbons (Fsp3) is 0. The summed E-state index contributed by atoms with van der Waals surface area (Å²) in [5.74, 6) is 0. The summed E-state index contributed by atoms with van der Waals surface area (Å²) in [6.45, 7) is 0. The van der Waals surface area contributed by atoms with Crippen LogP contribution in [0, 0.1) is 0 Å². The molecule has 0 aromatic carbocycles. The third-order valence-corrected chi connectivity index (χ3v) is 0. The summed E-state index contributed by atoms with van der Waals surface area (Å²) in [5.41, 5.74) is 0. The molecule has 4 nitrogen and oxygen atoms in total. The number of rotatable bonds is 0. The van der Waals surface area contributed by atoms with E-state index in [1.54, 1.807) is 0 Å². The molecule has 9 heteroatoms. The van der Waals surface area contributed by atoms with E-state index in [4.69, 9.17) is 18.6 Å². The second kappa shape index (κ2) is 234. The van der Waals surface area contributed by atoms with E-state index < -0.39 is 0 Å². The quantitative estimate of drug-likeness (QED) is 0.465. The minimum Gasteiger partial charge on any atom is -0.769 e. The number of halogens is 4. The van der Waals surface area contributed by atoms with Gasteiger partial charge in [0.1, 0.15) is 0 Å². The van der Waals surface area contributed by atoms with E-state index in [0.29, 0.717) is 0 Å². The molecule has 0 amide bonds. The van der Waals surface area contributed by atoms with Gasteiger partial charge in [0.15, 0.2) is 0 Å². The smallest absolute Gasteiger partial charge is 0.769 e. The predicted octanol–water partition coefficient (Wildman–Crippen LogP) is -2.38. The summed E-state index contributed by atoms with van der Waals surface area (Å²) >= 11 is 13.6. The molecule has 0 unspecified atom stereocenters. The zero-order valence-electron chi connectivity index (χ0n) is 3.64. The topological polar surface area (TPSA) is 92.2 Å². The SMILES string of the molecule is [O-]Cl.[O-]Cl.[O-]Cl.[O-]Cl.[Sn+4]. The van der Waals surface area contributed by atoms with Gasteiger partial charge in [0, 0.05) is 0 Å². The average Bonchev–Trinajstić information content (AvgIpc) is 2.03. The zero-order valence-corrected chi connectivity index (χ0v) is 9.52. The van der Waals surface area contributed by atoms with E-state index in [1.165, 1.54) is 0 Å². The van der Waals surface area contributed by atoms with E-state index in [1.807, 2.05) is 0 Å². The van der Waals surface area contributed by atoms with Gasteiger partial charge >= 0.3 is 23.9 Å². The third-order valence-electron chi connectivity index (χ3n) is 0. The first-order valence-electron chi connectivity index (χ1n) is 0.617. The van der Waals surface area contributed by atoms with Crippen LogP contribution in [0.25, 0.3) is 0 Å². The Labute approximate surface area is 89.5 Å². The van der Waals surface area contributed by atoms with Gasteiger partial charge in [-0.05, 0) is 0 Å². The van der Waals surface area contributed by atoms with Crippen LogP contribution in [-0.2, 0) is 0 Å². The molecule has 0 aliphatic rings. The van der Waals surface area contributed by atoms with E-state index >= 15 is 0 Å². The Balaban J connectivity index is -0.00000000762. The molecule has 9 heavy (non-hydrogen) atoms. The van der Waals surface area contributed by atoms with Crippen LogP contribution in [0.1, 0.15) is 0 Å². The van der Waals surface area contributed by atoms with Gasteiger partial charge in [-0.3, -0.25) is 0 Å². The molecule has 0 N–H and O–H groups in total. The predicted molar refractivity (Wildman–Crippen MR) is 29.2 cm³/mol. The molecule has 0 saturated heterocycles. The van der Waals surface area contributed by atoms with E-state index in [0.717, 1.165) is 0 Å². The Hall–Kier alpha value is 1.80. The summed E-state index contributed by atoms with van der Waals surface area (Å²) in [5, 5.41) is 0. The molecular formula is Cl4O4Sn. The van der Waals surface area contributed by atoms with Crippen LogP contribution in [0.2, 0.25) is 0 Å². The van der Waals surface area contributed by atoms with Crippen molar-refractivity contribution in [3.05, 3.63) is 0 Å². The molecule has 0 radical (unpaired) electrons. The van der Waals surface area contributed by atoms with Gasteiger partial charge in [0.05, 0.1) is 0 Å². The number of hydrogen-bond acceptors (Lipinski definition) is 4. The first-order chi connectivity index (χ1) is 4.00. The van der Waals surface area contributed by atoms with Gasteiger partial charge in [-0.15, -0.1) is 0 Å². The van der Waals surface area contributed by atoms with E-state index in [2.05, 4.69) is 47.5 Å². The molecule has 0 spiro atoms. The van der Waals surface area contributed by atoms with Crippen molar-refractivity contribution in [2.75, 3.05) is 0 Å². The maximum absolute atomic E-state index is 7.72. The van der Waals surface area contributed by atoms with Crippen LogP contribution in [0.4, 0.5) is 0 Å². The van der Waals surface area contributed by atoms with Gasteiger partial charge in [0.25, 0.3) is 0 Å². The van der Waals surface area contributed by atoms with Gasteiger partial charge in [-0.25, -0.2) is 47.5 Å². The monoisotopic (exact) mass is 324 g/mol. The summed E-state index contributed by atoms with van der Waals surface area (Å²) < 4.78 is 30.9. The van der Waals surface area contributed by atoms with Crippen molar-refractivity contribution in [1.82, 2.24) is 0 Å². The first-order valence-corrected chi connectivity index (χ1v) is 1.85. The summed E-state index contributed by atoms with van der Waals surface area (Å²) in [6.07, 6.45) is 0. The second-order valence-corrected chi connectivity index (χ2v) is 0. The summed E-state index contributed by atoms with van der Waals surface area (Å²) in [4.78, 5) is 0. The van der Waals surface area contributed by atoms with Crippen molar-refractivity contribution >= 4 is 71.4 Å². The maximum Gasteiger partial charge on any atom is 4.00 e. The Morgan fingerprint density at radius 3 is 0.444 bits per heavy atom. The molecule has 0 aromatic rings. The van der Waals surface area contributed by atoms with Crippen LogP contribution < -0.4 is 18.6 Å². The van der Waals surface area contributed by atoms with Crippen molar-refractivity contribution in [2.24, 2.45) is 0 Å². The van der Waals surface area contributed by atoms with Crippen LogP contribution in [-0.4, -0.2) is 23.9 Å². The summed E-state index contributed by atoms with van der Waals surface area (Å²) in [6, 6.07) is 0. The van der Waals surface area contributed by atoms with Crippen molar-refractivity contribution in [3.63, 3.8) is 0 Å². The fourth-order valence-electron chi connectivity index (χ4n) is 0. The van der Waals surface area contributed by atoms with Crippen LogP contribution in [0.5, 0.6) is 0 Å². The van der Waals surface area contributed by atoms with E-state index in [9.17, 15) is 0 Å². The third kappa shape index (κ3) is 184. The molecule has 0 rings (SSSR count). The Morgan fingerprint density at radius 1 is 0.444 bits per heavy atom. The second-order valence-electron chi connectivity index (χ2n) is 0. The van der Waals surface area contributed by atoms with Crippen molar-refractivity contribution in [2.45, 2.75) is 0 Å². The molecule has 0 aliphatic heterocycles. The van der Waals surface area contributed by atoms with E-state index in [-0.39, 0.29) is 23.9 Å². The van der Waals surface area contributed by atoms with Crippen LogP contribution >= 0.6 is 47.5 Å². The van der Waals surface area contributed by atoms with Crippen molar-refractivity contribution in [3.8, 4) is 0 Å². The normalized spacial score (nSPS) is 2.67. The minimum atomic E-state index is 0. The standard InChI is InChI=1S/4ClO.Sn/c4*1-2;/q4*-1;+4. The molecule has 0 fully saturated rings. The zero-order chi connectivity index (χ0) is 8.00. The van der Waals surface area contributed by atoms with Crippen LogP contribution in [0.3, 0.4) is 0 Å². The minimum absolute atomic E-state index is 0. The fourth-order valence-corrected chi connectivity index (χ4v) is 0. The Kier molecular flexibility index (Phi) is 803. The number of hydrogen-bond donors (Lipinski definition) is 0. The largest absolute Gasteiger partial charge is 4.00 e. The maximum atomic E-state index is 7.72. The summed E-state index contributed by atoms with van der Waals surface area (Å²) in [7, 11) is 0. The molecule has 0 aliphatic carbocycles. The molecule has 0 saturated carbocycles. The molecular weight excluding hydrogens is 325 g/mol. The van der Waals surface area contributed by atoms with Crippen molar-refractivity contribution < 1.29 is 18.6 Å². The van der Waals surface area contributed by atoms with Gasteiger partial charge in [-0.1, -0.05) is 0 Å². The Bertz CT molecular complexity index is 12.5. The molecule has 0 aromatic heterocycles. The average molecular weight is 325 g/mol. The van der Waals surface area contributed by atoms with Gasteiger partial charge in [-0.2, -0.15) is 0 Å². The molecule has 56 valence electrons. The molecule has 0 atom stereocenters. The van der Waals surface area contributed by atoms with Gasteiger partial charge in [0.2, 0.25) is 0 Å². The molecule has 0 heterocycles.